The van der Waals surface area contributed by atoms with Gasteiger partial charge in [0.1, 0.15) is 0 Å². The summed E-state index contributed by atoms with van der Waals surface area (Å²) >= 11 is 11.7. The molecular weight excluding hydrogens is 870 g/mol. The number of aryl methyl sites for hydroxylation is 1. The van der Waals surface area contributed by atoms with Crippen LogP contribution in [0.1, 0.15) is 93.7 Å². The topological polar surface area (TPSA) is 0 Å². The van der Waals surface area contributed by atoms with E-state index < -0.39 is 0 Å². The first-order valence-corrected chi connectivity index (χ1v) is 18.8. The van der Waals surface area contributed by atoms with Crippen molar-refractivity contribution in [1.82, 2.24) is 0 Å². The van der Waals surface area contributed by atoms with Crippen molar-refractivity contribution in [2.24, 2.45) is 0 Å². The summed E-state index contributed by atoms with van der Waals surface area (Å²) in [6.45, 7) is 2.20. The van der Waals surface area contributed by atoms with Gasteiger partial charge in [-0.2, -0.15) is 0 Å². The molecule has 42 heavy (non-hydrogen) atoms. The predicted molar refractivity (Wildman–Crippen MR) is 209 cm³/mol. The van der Waals surface area contributed by atoms with E-state index in [2.05, 4.69) is 163 Å². The molecule has 0 unspecified atom stereocenters. The van der Waals surface area contributed by atoms with E-state index in [0.717, 1.165) is 15.8 Å². The highest BCUT2D eigenvalue weighted by atomic mass is 127. The second-order valence-corrected chi connectivity index (χ2v) is 15.8. The Morgan fingerprint density at radius 1 is 0.548 bits per heavy atom. The van der Waals surface area contributed by atoms with E-state index in [4.69, 9.17) is 0 Å². The minimum absolute atomic E-state index is 0. The summed E-state index contributed by atoms with van der Waals surface area (Å²) < 4.78 is 4.74. The van der Waals surface area contributed by atoms with Gasteiger partial charge in [-0.15, -0.1) is 0 Å². The minimum Gasteiger partial charge on any atom is -0.0826 e. The number of rotatable bonds is 3. The first kappa shape index (κ1) is 35.8. The highest BCUT2D eigenvalue weighted by Crippen LogP contribution is 2.42. The van der Waals surface area contributed by atoms with Gasteiger partial charge >= 0.3 is 0 Å². The molecule has 4 heteroatoms. The van der Waals surface area contributed by atoms with Gasteiger partial charge < -0.3 is 0 Å². The van der Waals surface area contributed by atoms with Crippen molar-refractivity contribution in [1.29, 1.82) is 0 Å². The Morgan fingerprint density at radius 2 is 0.976 bits per heavy atom. The summed E-state index contributed by atoms with van der Waals surface area (Å²) in [4.78, 5) is 0. The monoisotopic (exact) mass is 912 g/mol. The normalized spacial score (nSPS) is 15.8. The SMILES string of the molecule is Brc1ccccc1C1CCC1.Brc1ccccc1I.C.Cc1ccccc1-c1ccccc1C1CCC1.IC1CCC1. The third kappa shape index (κ3) is 10.7. The summed E-state index contributed by atoms with van der Waals surface area (Å²) in [5.41, 5.74) is 7.26. The van der Waals surface area contributed by atoms with Crippen molar-refractivity contribution in [2.45, 2.75) is 87.9 Å². The van der Waals surface area contributed by atoms with E-state index in [1.165, 1.54) is 92.6 Å². The fourth-order valence-corrected chi connectivity index (χ4v) is 7.18. The number of halogens is 4. The fraction of sp³-hybridized carbons (Fsp3) is 0.368. The molecule has 224 valence electrons. The molecule has 0 saturated heterocycles. The molecule has 3 aliphatic rings. The first-order chi connectivity index (χ1) is 19.9. The molecule has 0 spiro atoms. The summed E-state index contributed by atoms with van der Waals surface area (Å²) in [6, 6.07) is 34.3. The number of alkyl halides is 1. The largest absolute Gasteiger partial charge is 0.0826 e. The quantitative estimate of drug-likeness (QED) is 0.142. The maximum absolute atomic E-state index is 3.57. The Bertz CT molecular complexity index is 1340. The van der Waals surface area contributed by atoms with Crippen LogP contribution in [-0.4, -0.2) is 3.92 Å². The Kier molecular flexibility index (Phi) is 16.1. The maximum Gasteiger partial charge on any atom is 0.0308 e. The van der Waals surface area contributed by atoms with Crippen molar-refractivity contribution in [2.75, 3.05) is 0 Å². The van der Waals surface area contributed by atoms with Gasteiger partial charge in [0, 0.05) is 16.4 Å². The van der Waals surface area contributed by atoms with E-state index in [0.29, 0.717) is 0 Å². The number of benzene rings is 4. The molecule has 3 aliphatic carbocycles. The molecule has 0 aliphatic heterocycles. The van der Waals surface area contributed by atoms with Crippen LogP contribution >= 0.6 is 77.0 Å². The number of hydrogen-bond acceptors (Lipinski definition) is 0. The lowest BCUT2D eigenvalue weighted by Crippen LogP contribution is -2.10. The highest BCUT2D eigenvalue weighted by Gasteiger charge is 2.22. The molecule has 0 aromatic heterocycles. The minimum atomic E-state index is 0. The van der Waals surface area contributed by atoms with Gasteiger partial charge in [-0.25, -0.2) is 0 Å². The average molecular weight is 914 g/mol. The Labute approximate surface area is 299 Å². The van der Waals surface area contributed by atoms with Gasteiger partial charge in [-0.1, -0.05) is 144 Å². The molecule has 0 heterocycles. The zero-order valence-corrected chi connectivity index (χ0v) is 31.3. The van der Waals surface area contributed by atoms with E-state index in [9.17, 15) is 0 Å². The Hall–Kier alpha value is -0.700. The van der Waals surface area contributed by atoms with Crippen LogP contribution in [0.2, 0.25) is 0 Å². The molecule has 3 fully saturated rings. The molecule has 0 radical (unpaired) electrons. The second-order valence-electron chi connectivity index (χ2n) is 11.1. The Morgan fingerprint density at radius 3 is 1.40 bits per heavy atom. The van der Waals surface area contributed by atoms with E-state index in [1.807, 2.05) is 18.2 Å². The van der Waals surface area contributed by atoms with Gasteiger partial charge in [0.15, 0.2) is 0 Å². The molecule has 0 amide bonds. The molecule has 0 N–H and O–H groups in total. The maximum atomic E-state index is 3.57. The van der Waals surface area contributed by atoms with Crippen LogP contribution in [0, 0.1) is 10.5 Å². The van der Waals surface area contributed by atoms with Crippen molar-refractivity contribution >= 4 is 77.0 Å². The van der Waals surface area contributed by atoms with Crippen LogP contribution in [0.25, 0.3) is 11.1 Å². The lowest BCUT2D eigenvalue weighted by atomic mass is 9.77. The molecule has 0 bridgehead atoms. The van der Waals surface area contributed by atoms with Gasteiger partial charge in [-0.05, 0) is 142 Å². The van der Waals surface area contributed by atoms with E-state index >= 15 is 0 Å². The van der Waals surface area contributed by atoms with E-state index in [1.54, 1.807) is 5.56 Å². The van der Waals surface area contributed by atoms with Crippen LogP contribution in [0.5, 0.6) is 0 Å². The zero-order valence-electron chi connectivity index (χ0n) is 23.8. The van der Waals surface area contributed by atoms with Crippen LogP contribution in [-0.2, 0) is 0 Å². The molecular formula is C38H44Br2I2. The van der Waals surface area contributed by atoms with Gasteiger partial charge in [0.05, 0.1) is 0 Å². The highest BCUT2D eigenvalue weighted by molar-refractivity contribution is 14.1. The molecule has 4 aromatic rings. The standard InChI is InChI=1S/C17H18.C10H11Br.C6H4BrI.C4H7I.CH4/c1-13-7-2-3-10-15(13)17-12-5-4-11-16(17)14-8-6-9-14;11-10-7-2-1-6-9(10)8-4-3-5-8;7-5-3-1-2-4-6(5)8;5-4-2-1-3-4;/h2-5,7,10-12,14H,6,8-9H2,1H3;1-2,6-8H,3-5H2;1-4H;4H,1-3H2;1H4. The van der Waals surface area contributed by atoms with Crippen molar-refractivity contribution < 1.29 is 0 Å². The smallest absolute Gasteiger partial charge is 0.0308 e. The molecule has 4 aromatic carbocycles. The van der Waals surface area contributed by atoms with Gasteiger partial charge in [0.25, 0.3) is 0 Å². The van der Waals surface area contributed by atoms with Crippen LogP contribution < -0.4 is 0 Å². The van der Waals surface area contributed by atoms with Gasteiger partial charge in [-0.3, -0.25) is 0 Å². The van der Waals surface area contributed by atoms with Crippen molar-refractivity contribution in [3.8, 4) is 11.1 Å². The first-order valence-electron chi connectivity index (χ1n) is 14.9. The van der Waals surface area contributed by atoms with E-state index in [-0.39, 0.29) is 7.43 Å². The Balaban J connectivity index is 0.000000167. The third-order valence-electron chi connectivity index (χ3n) is 8.25. The summed E-state index contributed by atoms with van der Waals surface area (Å²) in [7, 11) is 0. The molecule has 0 atom stereocenters. The third-order valence-corrected chi connectivity index (χ3v) is 12.6. The zero-order chi connectivity index (χ0) is 29.0. The summed E-state index contributed by atoms with van der Waals surface area (Å²) in [6.07, 6.45) is 12.7. The summed E-state index contributed by atoms with van der Waals surface area (Å²) in [5, 5.41) is 0. The number of hydrogen-bond donors (Lipinski definition) is 0. The molecule has 0 nitrogen and oxygen atoms in total. The lowest BCUT2D eigenvalue weighted by Gasteiger charge is -2.28. The summed E-state index contributed by atoms with van der Waals surface area (Å²) in [5.74, 6) is 1.64. The van der Waals surface area contributed by atoms with Gasteiger partial charge in [0.2, 0.25) is 0 Å². The molecule has 3 saturated carbocycles. The predicted octanol–water partition coefficient (Wildman–Crippen LogP) is 14.3. The van der Waals surface area contributed by atoms with Crippen LogP contribution in [0.4, 0.5) is 0 Å². The second kappa shape index (κ2) is 19.0. The lowest BCUT2D eigenvalue weighted by molar-refractivity contribution is 0.418. The van der Waals surface area contributed by atoms with Crippen LogP contribution in [0.3, 0.4) is 0 Å². The average Bonchev–Trinajstić information content (AvgIpc) is 2.91. The van der Waals surface area contributed by atoms with Crippen molar-refractivity contribution in [3.05, 3.63) is 126 Å². The fourth-order valence-electron chi connectivity index (χ4n) is 5.02. The molecule has 7 rings (SSSR count). The van der Waals surface area contributed by atoms with Crippen LogP contribution in [0.15, 0.2) is 106 Å². The van der Waals surface area contributed by atoms with Crippen molar-refractivity contribution in [3.63, 3.8) is 0 Å².